The van der Waals surface area contributed by atoms with E-state index in [-0.39, 0.29) is 30.0 Å². The van der Waals surface area contributed by atoms with Gasteiger partial charge in [-0.3, -0.25) is 9.59 Å². The van der Waals surface area contributed by atoms with Crippen molar-refractivity contribution in [3.63, 3.8) is 0 Å². The number of nitrogens with zero attached hydrogens (tertiary/aromatic N) is 1. The van der Waals surface area contributed by atoms with Crippen molar-refractivity contribution in [3.8, 4) is 0 Å². The first kappa shape index (κ1) is 9.45. The second kappa shape index (κ2) is 2.94. The third-order valence-electron chi connectivity index (χ3n) is 2.56. The van der Waals surface area contributed by atoms with Crippen LogP contribution in [0.1, 0.15) is 0 Å². The van der Waals surface area contributed by atoms with Gasteiger partial charge in [0.1, 0.15) is 0 Å². The smallest absolute Gasteiger partial charge is 0.239 e. The van der Waals surface area contributed by atoms with Crippen LogP contribution in [0.15, 0.2) is 0 Å². The second-order valence-electron chi connectivity index (χ2n) is 3.60. The van der Waals surface area contributed by atoms with Crippen molar-refractivity contribution in [1.29, 1.82) is 0 Å². The van der Waals surface area contributed by atoms with Crippen LogP contribution in [0.3, 0.4) is 0 Å². The molecule has 2 rings (SSSR count). The van der Waals surface area contributed by atoms with Crippen LogP contribution in [0.5, 0.6) is 0 Å². The fourth-order valence-corrected chi connectivity index (χ4v) is 3.88. The molecule has 0 aromatic carbocycles. The van der Waals surface area contributed by atoms with Gasteiger partial charge in [0.05, 0.1) is 30.1 Å². The molecule has 2 aliphatic rings. The maximum atomic E-state index is 11.3. The highest BCUT2D eigenvalue weighted by atomic mass is 32.2. The Balaban J connectivity index is 2.27. The topological polar surface area (TPSA) is 83.6 Å². The molecule has 0 aromatic heterocycles. The van der Waals surface area contributed by atoms with E-state index >= 15 is 0 Å². The highest BCUT2D eigenvalue weighted by Gasteiger charge is 2.44. The fraction of sp³-hybridized carbons (Fsp3) is 0.714. The van der Waals surface area contributed by atoms with E-state index in [9.17, 15) is 18.0 Å². The predicted octanol–water partition coefficient (Wildman–Crippen LogP) is -2.26. The van der Waals surface area contributed by atoms with Gasteiger partial charge < -0.3 is 10.2 Å². The first-order valence-electron chi connectivity index (χ1n) is 4.23. The largest absolute Gasteiger partial charge is 0.349 e. The van der Waals surface area contributed by atoms with Gasteiger partial charge in [-0.1, -0.05) is 0 Å². The Morgan fingerprint density at radius 2 is 2.14 bits per heavy atom. The fourth-order valence-electron chi connectivity index (χ4n) is 1.94. The SMILES string of the molecule is O=CN1CC(=O)N[C@H]2CS(=O)(=O)C[C@H]21. The number of hydrogen-bond acceptors (Lipinski definition) is 4. The number of carbonyl (C=O) groups is 2. The van der Waals surface area contributed by atoms with E-state index in [1.54, 1.807) is 0 Å². The van der Waals surface area contributed by atoms with E-state index in [0.29, 0.717) is 6.41 Å². The number of sulfone groups is 1. The van der Waals surface area contributed by atoms with E-state index in [2.05, 4.69) is 5.32 Å². The summed E-state index contributed by atoms with van der Waals surface area (Å²) in [7, 11) is -3.11. The number of fused-ring (bicyclic) bond motifs is 1. The van der Waals surface area contributed by atoms with E-state index < -0.39 is 15.9 Å². The highest BCUT2D eigenvalue weighted by Crippen LogP contribution is 2.20. The predicted molar refractivity (Wildman–Crippen MR) is 47.1 cm³/mol. The van der Waals surface area contributed by atoms with Crippen LogP contribution in [0.2, 0.25) is 0 Å². The van der Waals surface area contributed by atoms with Gasteiger partial charge in [0.15, 0.2) is 9.84 Å². The Morgan fingerprint density at radius 1 is 1.43 bits per heavy atom. The van der Waals surface area contributed by atoms with Crippen molar-refractivity contribution >= 4 is 22.2 Å². The number of rotatable bonds is 1. The minimum atomic E-state index is -3.11. The van der Waals surface area contributed by atoms with Gasteiger partial charge in [-0.05, 0) is 0 Å². The summed E-state index contributed by atoms with van der Waals surface area (Å²) in [4.78, 5) is 22.9. The number of piperazine rings is 1. The second-order valence-corrected chi connectivity index (χ2v) is 5.75. The molecule has 2 atom stereocenters. The first-order chi connectivity index (χ1) is 6.52. The third kappa shape index (κ3) is 1.47. The quantitative estimate of drug-likeness (QED) is 0.503. The molecule has 2 aliphatic heterocycles. The summed E-state index contributed by atoms with van der Waals surface area (Å²) in [6.45, 7) is -0.0415. The maximum Gasteiger partial charge on any atom is 0.239 e. The lowest BCUT2D eigenvalue weighted by Gasteiger charge is -2.33. The summed E-state index contributed by atoms with van der Waals surface area (Å²) in [6.07, 6.45) is 0.539. The van der Waals surface area contributed by atoms with Crippen LogP contribution in [0.4, 0.5) is 0 Å². The molecule has 78 valence electrons. The average molecular weight is 218 g/mol. The van der Waals surface area contributed by atoms with E-state index in [0.717, 1.165) is 0 Å². The van der Waals surface area contributed by atoms with Gasteiger partial charge >= 0.3 is 0 Å². The monoisotopic (exact) mass is 218 g/mol. The minimum Gasteiger partial charge on any atom is -0.349 e. The molecule has 0 aliphatic carbocycles. The lowest BCUT2D eigenvalue weighted by Crippen LogP contribution is -2.59. The molecule has 0 bridgehead atoms. The van der Waals surface area contributed by atoms with Crippen molar-refractivity contribution in [2.75, 3.05) is 18.1 Å². The normalized spacial score (nSPS) is 34.9. The Bertz CT molecular complexity index is 377. The molecule has 7 heteroatoms. The molecule has 2 amide bonds. The zero-order valence-electron chi connectivity index (χ0n) is 7.34. The lowest BCUT2D eigenvalue weighted by molar-refractivity contribution is -0.133. The van der Waals surface area contributed by atoms with Gasteiger partial charge in [-0.25, -0.2) is 8.42 Å². The van der Waals surface area contributed by atoms with Crippen LogP contribution in [-0.4, -0.2) is 55.8 Å². The maximum absolute atomic E-state index is 11.3. The van der Waals surface area contributed by atoms with Crippen molar-refractivity contribution in [1.82, 2.24) is 10.2 Å². The molecule has 2 heterocycles. The minimum absolute atomic E-state index is 0.0415. The molecule has 0 radical (unpaired) electrons. The van der Waals surface area contributed by atoms with Crippen LogP contribution in [0, 0.1) is 0 Å². The molecule has 0 saturated carbocycles. The summed E-state index contributed by atoms with van der Waals surface area (Å²) in [5.41, 5.74) is 0. The zero-order chi connectivity index (χ0) is 10.3. The first-order valence-corrected chi connectivity index (χ1v) is 6.05. The molecule has 0 aromatic rings. The van der Waals surface area contributed by atoms with Gasteiger partial charge in [0.2, 0.25) is 12.3 Å². The van der Waals surface area contributed by atoms with Crippen molar-refractivity contribution < 1.29 is 18.0 Å². The molecule has 0 spiro atoms. The Hall–Kier alpha value is -1.11. The Kier molecular flexibility index (Phi) is 1.99. The van der Waals surface area contributed by atoms with E-state index in [1.807, 2.05) is 0 Å². The van der Waals surface area contributed by atoms with Gasteiger partial charge in [-0.2, -0.15) is 0 Å². The number of nitrogens with one attached hydrogen (secondary N) is 1. The Morgan fingerprint density at radius 3 is 2.79 bits per heavy atom. The summed E-state index contributed by atoms with van der Waals surface area (Å²) < 4.78 is 22.5. The number of amides is 2. The molecule has 14 heavy (non-hydrogen) atoms. The van der Waals surface area contributed by atoms with Gasteiger partial charge in [0.25, 0.3) is 0 Å². The lowest BCUT2D eigenvalue weighted by atomic mass is 10.1. The summed E-state index contributed by atoms with van der Waals surface area (Å²) in [5.74, 6) is -0.403. The van der Waals surface area contributed by atoms with Crippen molar-refractivity contribution in [2.24, 2.45) is 0 Å². The zero-order valence-corrected chi connectivity index (χ0v) is 8.16. The van der Waals surface area contributed by atoms with Crippen molar-refractivity contribution in [3.05, 3.63) is 0 Å². The standard InChI is InChI=1S/C7H10N2O4S/c10-4-9-1-7(11)8-5-2-14(12,13)3-6(5)9/h4-6H,1-3H2,(H,8,11)/t5-,6+/m0/s1. The summed E-state index contributed by atoms with van der Waals surface area (Å²) >= 11 is 0. The van der Waals surface area contributed by atoms with Crippen molar-refractivity contribution in [2.45, 2.75) is 12.1 Å². The molecule has 2 saturated heterocycles. The Labute approximate surface area is 81.2 Å². The highest BCUT2D eigenvalue weighted by molar-refractivity contribution is 7.91. The molecule has 6 nitrogen and oxygen atoms in total. The molecule has 1 N–H and O–H groups in total. The molecular formula is C7H10N2O4S. The molecule has 0 unspecified atom stereocenters. The number of hydrogen-bond donors (Lipinski definition) is 1. The van der Waals surface area contributed by atoms with Crippen LogP contribution in [-0.2, 0) is 19.4 Å². The van der Waals surface area contributed by atoms with Gasteiger partial charge in [-0.15, -0.1) is 0 Å². The van der Waals surface area contributed by atoms with Crippen LogP contribution >= 0.6 is 0 Å². The molecule has 2 fully saturated rings. The average Bonchev–Trinajstić information content (AvgIpc) is 2.37. The third-order valence-corrected chi connectivity index (χ3v) is 4.27. The van der Waals surface area contributed by atoms with Crippen LogP contribution in [0.25, 0.3) is 0 Å². The number of carbonyl (C=O) groups excluding carboxylic acids is 2. The summed E-state index contributed by atoms with van der Waals surface area (Å²) in [5, 5.41) is 2.58. The van der Waals surface area contributed by atoms with Crippen LogP contribution < -0.4 is 5.32 Å². The van der Waals surface area contributed by atoms with E-state index in [1.165, 1.54) is 4.90 Å². The van der Waals surface area contributed by atoms with E-state index in [4.69, 9.17) is 0 Å². The van der Waals surface area contributed by atoms with Gasteiger partial charge in [0, 0.05) is 0 Å². The molecular weight excluding hydrogens is 208 g/mol. The summed E-state index contributed by atoms with van der Waals surface area (Å²) in [6, 6.07) is -0.804.